The van der Waals surface area contributed by atoms with Crippen LogP contribution in [-0.4, -0.2) is 22.1 Å². The Morgan fingerprint density at radius 1 is 1.30 bits per heavy atom. The van der Waals surface area contributed by atoms with Gasteiger partial charge >= 0.3 is 0 Å². The van der Waals surface area contributed by atoms with E-state index in [9.17, 15) is 4.79 Å². The second kappa shape index (κ2) is 7.45. The highest BCUT2D eigenvalue weighted by atomic mass is 35.5. The van der Waals surface area contributed by atoms with Crippen LogP contribution in [0.5, 0.6) is 5.75 Å². The highest BCUT2D eigenvalue weighted by molar-refractivity contribution is 6.30. The first kappa shape index (κ1) is 17.6. The van der Waals surface area contributed by atoms with Crippen LogP contribution in [0.25, 0.3) is 5.69 Å². The first-order chi connectivity index (χ1) is 13.1. The van der Waals surface area contributed by atoms with Gasteiger partial charge in [-0.3, -0.25) is 4.79 Å². The van der Waals surface area contributed by atoms with E-state index >= 15 is 0 Å². The SMILES string of the molecule is C[C@@H](NC(=O)[C@H]1COc2ccc(Cl)cc2C1)c1ccc(-n2ccnc2)cc1. The zero-order chi connectivity index (χ0) is 18.8. The lowest BCUT2D eigenvalue weighted by molar-refractivity contribution is -0.126. The lowest BCUT2D eigenvalue weighted by atomic mass is 9.95. The number of carbonyl (C=O) groups excluding carboxylic acids is 1. The van der Waals surface area contributed by atoms with Crippen molar-refractivity contribution in [3.8, 4) is 11.4 Å². The predicted molar refractivity (Wildman–Crippen MR) is 104 cm³/mol. The summed E-state index contributed by atoms with van der Waals surface area (Å²) in [5, 5.41) is 3.75. The molecular formula is C21H20ClN3O2. The Bertz CT molecular complexity index is 939. The molecular weight excluding hydrogens is 362 g/mol. The van der Waals surface area contributed by atoms with Gasteiger partial charge in [-0.05, 0) is 54.8 Å². The summed E-state index contributed by atoms with van der Waals surface area (Å²) in [4.78, 5) is 16.7. The largest absolute Gasteiger partial charge is 0.492 e. The Morgan fingerprint density at radius 3 is 2.85 bits per heavy atom. The van der Waals surface area contributed by atoms with Gasteiger partial charge < -0.3 is 14.6 Å². The molecule has 6 heteroatoms. The zero-order valence-corrected chi connectivity index (χ0v) is 15.7. The molecule has 4 rings (SSSR count). The highest BCUT2D eigenvalue weighted by Crippen LogP contribution is 2.30. The van der Waals surface area contributed by atoms with Crippen molar-refractivity contribution < 1.29 is 9.53 Å². The molecule has 0 unspecified atom stereocenters. The molecule has 0 saturated heterocycles. The molecule has 0 fully saturated rings. The van der Waals surface area contributed by atoms with Crippen molar-refractivity contribution in [3.63, 3.8) is 0 Å². The van der Waals surface area contributed by atoms with E-state index < -0.39 is 0 Å². The maximum absolute atomic E-state index is 12.7. The number of nitrogens with zero attached hydrogens (tertiary/aromatic N) is 2. The van der Waals surface area contributed by atoms with Gasteiger partial charge in [-0.1, -0.05) is 23.7 Å². The molecule has 0 aliphatic carbocycles. The van der Waals surface area contributed by atoms with Gasteiger partial charge in [0, 0.05) is 23.1 Å². The van der Waals surface area contributed by atoms with Gasteiger partial charge in [0.05, 0.1) is 18.3 Å². The van der Waals surface area contributed by atoms with E-state index in [1.54, 1.807) is 18.6 Å². The minimum Gasteiger partial charge on any atom is -0.492 e. The van der Waals surface area contributed by atoms with Gasteiger partial charge in [0.25, 0.3) is 0 Å². The number of ether oxygens (including phenoxy) is 1. The summed E-state index contributed by atoms with van der Waals surface area (Å²) in [5.74, 6) is 0.585. The highest BCUT2D eigenvalue weighted by Gasteiger charge is 2.27. The van der Waals surface area contributed by atoms with Crippen molar-refractivity contribution in [1.82, 2.24) is 14.9 Å². The van der Waals surface area contributed by atoms with E-state index in [1.807, 2.05) is 54.1 Å². The molecule has 1 aliphatic heterocycles. The molecule has 0 bridgehead atoms. The molecule has 1 aliphatic rings. The van der Waals surface area contributed by atoms with Crippen molar-refractivity contribution in [1.29, 1.82) is 0 Å². The number of imidazole rings is 1. The van der Waals surface area contributed by atoms with Gasteiger partial charge in [-0.2, -0.15) is 0 Å². The number of rotatable bonds is 4. The van der Waals surface area contributed by atoms with Gasteiger partial charge in [-0.25, -0.2) is 4.98 Å². The molecule has 2 aromatic carbocycles. The van der Waals surface area contributed by atoms with Crippen LogP contribution < -0.4 is 10.1 Å². The average Bonchev–Trinajstić information content (AvgIpc) is 3.22. The molecule has 1 aromatic heterocycles. The van der Waals surface area contributed by atoms with E-state index in [1.165, 1.54) is 0 Å². The maximum Gasteiger partial charge on any atom is 0.227 e. The van der Waals surface area contributed by atoms with E-state index in [2.05, 4.69) is 10.3 Å². The maximum atomic E-state index is 12.7. The minimum atomic E-state index is -0.219. The molecule has 27 heavy (non-hydrogen) atoms. The quantitative estimate of drug-likeness (QED) is 0.744. The molecule has 2 atom stereocenters. The molecule has 1 amide bonds. The number of amides is 1. The van der Waals surface area contributed by atoms with Crippen molar-refractivity contribution in [2.24, 2.45) is 5.92 Å². The van der Waals surface area contributed by atoms with Crippen LogP contribution in [0.2, 0.25) is 5.02 Å². The number of fused-ring (bicyclic) bond motifs is 1. The average molecular weight is 382 g/mol. The van der Waals surface area contributed by atoms with Gasteiger partial charge in [0.15, 0.2) is 0 Å². The van der Waals surface area contributed by atoms with E-state index in [-0.39, 0.29) is 17.9 Å². The second-order valence-electron chi connectivity index (χ2n) is 6.76. The number of hydrogen-bond acceptors (Lipinski definition) is 3. The first-order valence-corrected chi connectivity index (χ1v) is 9.28. The van der Waals surface area contributed by atoms with Gasteiger partial charge in [0.1, 0.15) is 12.4 Å². The third kappa shape index (κ3) is 3.83. The molecule has 1 N–H and O–H groups in total. The lowest BCUT2D eigenvalue weighted by Gasteiger charge is -2.26. The van der Waals surface area contributed by atoms with E-state index in [0.29, 0.717) is 18.1 Å². The number of aromatic nitrogens is 2. The molecule has 0 saturated carbocycles. The Labute approximate surface area is 162 Å². The van der Waals surface area contributed by atoms with E-state index in [4.69, 9.17) is 16.3 Å². The fourth-order valence-corrected chi connectivity index (χ4v) is 3.49. The number of benzene rings is 2. The molecule has 0 spiro atoms. The van der Waals surface area contributed by atoms with Crippen molar-refractivity contribution in [2.75, 3.05) is 6.61 Å². The van der Waals surface area contributed by atoms with Crippen LogP contribution in [0.1, 0.15) is 24.1 Å². The second-order valence-corrected chi connectivity index (χ2v) is 7.19. The van der Waals surface area contributed by atoms with Crippen LogP contribution in [0.4, 0.5) is 0 Å². The monoisotopic (exact) mass is 381 g/mol. The summed E-state index contributed by atoms with van der Waals surface area (Å²) >= 11 is 6.06. The van der Waals surface area contributed by atoms with Crippen LogP contribution in [0.15, 0.2) is 61.2 Å². The predicted octanol–water partition coefficient (Wildman–Crippen LogP) is 3.95. The van der Waals surface area contributed by atoms with Crippen molar-refractivity contribution in [3.05, 3.63) is 77.3 Å². The first-order valence-electron chi connectivity index (χ1n) is 8.90. The fraction of sp³-hybridized carbons (Fsp3) is 0.238. The van der Waals surface area contributed by atoms with Crippen LogP contribution in [-0.2, 0) is 11.2 Å². The number of halogens is 1. The Hall–Kier alpha value is -2.79. The van der Waals surface area contributed by atoms with Crippen LogP contribution in [0.3, 0.4) is 0 Å². The van der Waals surface area contributed by atoms with Crippen LogP contribution >= 0.6 is 11.6 Å². The summed E-state index contributed by atoms with van der Waals surface area (Å²) in [5.41, 5.74) is 3.06. The Morgan fingerprint density at radius 2 is 2.11 bits per heavy atom. The number of nitrogens with one attached hydrogen (secondary N) is 1. The lowest BCUT2D eigenvalue weighted by Crippen LogP contribution is -2.38. The van der Waals surface area contributed by atoms with Gasteiger partial charge in [0.2, 0.25) is 5.91 Å². The smallest absolute Gasteiger partial charge is 0.227 e. The zero-order valence-electron chi connectivity index (χ0n) is 14.9. The Balaban J connectivity index is 1.40. The standard InChI is InChI=1S/C21H20ClN3O2/c1-14(15-2-5-19(6-3-15)25-9-8-23-13-25)24-21(26)17-10-16-11-18(22)4-7-20(16)27-12-17/h2-9,11,13-14,17H,10,12H2,1H3,(H,24,26)/t14-,17-/m1/s1. The van der Waals surface area contributed by atoms with Crippen LogP contribution in [0, 0.1) is 5.92 Å². The number of carbonyl (C=O) groups is 1. The normalized spacial score (nSPS) is 16.9. The third-order valence-corrected chi connectivity index (χ3v) is 5.09. The molecule has 3 aromatic rings. The molecule has 5 nitrogen and oxygen atoms in total. The summed E-state index contributed by atoms with van der Waals surface area (Å²) in [7, 11) is 0. The molecule has 0 radical (unpaired) electrons. The van der Waals surface area contributed by atoms with Crippen molar-refractivity contribution in [2.45, 2.75) is 19.4 Å². The fourth-order valence-electron chi connectivity index (χ4n) is 3.29. The summed E-state index contributed by atoms with van der Waals surface area (Å²) in [6.07, 6.45) is 6.03. The summed E-state index contributed by atoms with van der Waals surface area (Å²) < 4.78 is 7.67. The molecule has 138 valence electrons. The van der Waals surface area contributed by atoms with Gasteiger partial charge in [-0.15, -0.1) is 0 Å². The molecule has 2 heterocycles. The third-order valence-electron chi connectivity index (χ3n) is 4.85. The minimum absolute atomic E-state index is 0.00758. The number of hydrogen-bond donors (Lipinski definition) is 1. The van der Waals surface area contributed by atoms with E-state index in [0.717, 1.165) is 22.6 Å². The topological polar surface area (TPSA) is 56.1 Å². The Kier molecular flexibility index (Phi) is 4.86. The summed E-state index contributed by atoms with van der Waals surface area (Å²) in [6, 6.07) is 13.5. The van der Waals surface area contributed by atoms with Crippen molar-refractivity contribution >= 4 is 17.5 Å². The summed E-state index contributed by atoms with van der Waals surface area (Å²) in [6.45, 7) is 2.37.